The summed E-state index contributed by atoms with van der Waals surface area (Å²) in [6.45, 7) is 0. The molecule has 0 atom stereocenters. The molecule has 1 aromatic rings. The summed E-state index contributed by atoms with van der Waals surface area (Å²) in [5.74, 6) is 0.0333. The summed E-state index contributed by atoms with van der Waals surface area (Å²) in [4.78, 5) is 12.8. The first-order chi connectivity index (χ1) is 6.11. The molecule has 3 nitrogen and oxygen atoms in total. The van der Waals surface area contributed by atoms with Crippen LogP contribution in [0.25, 0.3) is 0 Å². The van der Waals surface area contributed by atoms with Crippen molar-refractivity contribution < 1.29 is 9.90 Å². The summed E-state index contributed by atoms with van der Waals surface area (Å²) in [5, 5.41) is 9.58. The van der Waals surface area contributed by atoms with Crippen molar-refractivity contribution in [3.63, 3.8) is 0 Å². The van der Waals surface area contributed by atoms with E-state index in [2.05, 4.69) is 0 Å². The van der Waals surface area contributed by atoms with Gasteiger partial charge in [0.2, 0.25) is 5.91 Å². The van der Waals surface area contributed by atoms with Gasteiger partial charge in [-0.2, -0.15) is 0 Å². The average Bonchev–Trinajstić information content (AvgIpc) is 2.38. The van der Waals surface area contributed by atoms with Gasteiger partial charge in [-0.15, -0.1) is 0 Å². The van der Waals surface area contributed by atoms with Crippen molar-refractivity contribution in [1.29, 1.82) is 0 Å². The third kappa shape index (κ3) is 1.08. The number of amides is 1. The zero-order valence-electron chi connectivity index (χ0n) is 7.04. The Bertz CT molecular complexity index is 389. The first kappa shape index (κ1) is 8.38. The lowest BCUT2D eigenvalue weighted by Gasteiger charge is -2.10. The molecule has 0 bridgehead atoms. The highest BCUT2D eigenvalue weighted by molar-refractivity contribution is 6.34. The highest BCUT2D eigenvalue weighted by Crippen LogP contribution is 2.38. The second-order valence-electron chi connectivity index (χ2n) is 3.03. The summed E-state index contributed by atoms with van der Waals surface area (Å²) in [7, 11) is 1.70. The van der Waals surface area contributed by atoms with E-state index in [1.807, 2.05) is 0 Å². The van der Waals surface area contributed by atoms with Gasteiger partial charge < -0.3 is 10.0 Å². The van der Waals surface area contributed by atoms with Gasteiger partial charge in [0, 0.05) is 18.3 Å². The second kappa shape index (κ2) is 2.64. The Morgan fingerprint density at radius 2 is 2.23 bits per heavy atom. The number of phenols is 1. The van der Waals surface area contributed by atoms with Crippen molar-refractivity contribution in [3.8, 4) is 5.75 Å². The van der Waals surface area contributed by atoms with Crippen LogP contribution in [0.2, 0.25) is 5.02 Å². The first-order valence-electron chi connectivity index (χ1n) is 3.88. The average molecular weight is 198 g/mol. The SMILES string of the molecule is CN1C(=O)Cc2c1ccc(O)c2Cl. The molecule has 0 unspecified atom stereocenters. The molecular weight excluding hydrogens is 190 g/mol. The van der Waals surface area contributed by atoms with Crippen molar-refractivity contribution in [1.82, 2.24) is 0 Å². The van der Waals surface area contributed by atoms with Gasteiger partial charge in [-0.25, -0.2) is 0 Å². The van der Waals surface area contributed by atoms with Gasteiger partial charge in [-0.1, -0.05) is 11.6 Å². The third-order valence-electron chi connectivity index (χ3n) is 2.26. The molecule has 2 rings (SSSR count). The highest BCUT2D eigenvalue weighted by atomic mass is 35.5. The van der Waals surface area contributed by atoms with Crippen molar-refractivity contribution in [3.05, 3.63) is 22.7 Å². The van der Waals surface area contributed by atoms with Gasteiger partial charge in [0.05, 0.1) is 11.4 Å². The van der Waals surface area contributed by atoms with Crippen LogP contribution in [-0.2, 0) is 11.2 Å². The second-order valence-corrected chi connectivity index (χ2v) is 3.40. The highest BCUT2D eigenvalue weighted by Gasteiger charge is 2.27. The molecule has 1 heterocycles. The molecule has 1 N–H and O–H groups in total. The van der Waals surface area contributed by atoms with Gasteiger partial charge in [0.15, 0.2) is 0 Å². The third-order valence-corrected chi connectivity index (χ3v) is 2.68. The molecule has 1 aromatic carbocycles. The van der Waals surface area contributed by atoms with E-state index in [0.29, 0.717) is 5.56 Å². The lowest BCUT2D eigenvalue weighted by Crippen LogP contribution is -2.20. The van der Waals surface area contributed by atoms with Gasteiger partial charge in [-0.05, 0) is 12.1 Å². The minimum absolute atomic E-state index is 0.00231. The number of nitrogens with zero attached hydrogens (tertiary/aromatic N) is 1. The predicted molar refractivity (Wildman–Crippen MR) is 50.2 cm³/mol. The number of hydrogen-bond donors (Lipinski definition) is 1. The van der Waals surface area contributed by atoms with Crippen molar-refractivity contribution >= 4 is 23.2 Å². The molecule has 0 spiro atoms. The number of phenolic OH excluding ortho intramolecular Hbond substituents is 1. The number of hydrogen-bond acceptors (Lipinski definition) is 2. The van der Waals surface area contributed by atoms with Crippen LogP contribution in [0.4, 0.5) is 5.69 Å². The van der Waals surface area contributed by atoms with Gasteiger partial charge in [0.1, 0.15) is 5.75 Å². The molecule has 68 valence electrons. The van der Waals surface area contributed by atoms with Crippen LogP contribution in [0.3, 0.4) is 0 Å². The Labute approximate surface area is 80.5 Å². The summed E-state index contributed by atoms with van der Waals surface area (Å²) >= 11 is 5.84. The Morgan fingerprint density at radius 3 is 2.92 bits per heavy atom. The van der Waals surface area contributed by atoms with E-state index in [-0.39, 0.29) is 23.1 Å². The number of benzene rings is 1. The largest absolute Gasteiger partial charge is 0.506 e. The molecule has 0 radical (unpaired) electrons. The molecule has 0 saturated heterocycles. The van der Waals surface area contributed by atoms with E-state index in [1.165, 1.54) is 6.07 Å². The molecule has 0 aliphatic carbocycles. The fourth-order valence-corrected chi connectivity index (χ4v) is 1.71. The molecule has 13 heavy (non-hydrogen) atoms. The molecule has 0 saturated carbocycles. The van der Waals surface area contributed by atoms with Crippen LogP contribution in [0.5, 0.6) is 5.75 Å². The number of carbonyl (C=O) groups excluding carboxylic acids is 1. The van der Waals surface area contributed by atoms with E-state index >= 15 is 0 Å². The smallest absolute Gasteiger partial charge is 0.231 e. The maximum atomic E-state index is 11.3. The number of halogens is 1. The van der Waals surface area contributed by atoms with E-state index in [9.17, 15) is 9.90 Å². The van der Waals surface area contributed by atoms with Crippen LogP contribution in [0.1, 0.15) is 5.56 Å². The van der Waals surface area contributed by atoms with Gasteiger partial charge in [0.25, 0.3) is 0 Å². The Kier molecular flexibility index (Phi) is 1.70. The van der Waals surface area contributed by atoms with Crippen LogP contribution in [0.15, 0.2) is 12.1 Å². The number of likely N-dealkylation sites (N-methyl/N-ethyl adjacent to an activating group) is 1. The standard InChI is InChI=1S/C9H8ClNO2/c1-11-6-2-3-7(12)9(10)5(6)4-8(11)13/h2-3,12H,4H2,1H3. The molecule has 0 fully saturated rings. The van der Waals surface area contributed by atoms with E-state index in [1.54, 1.807) is 18.0 Å². The van der Waals surface area contributed by atoms with Crippen molar-refractivity contribution in [2.24, 2.45) is 0 Å². The Hall–Kier alpha value is -1.22. The molecule has 1 aliphatic rings. The lowest BCUT2D eigenvalue weighted by molar-refractivity contribution is -0.117. The van der Waals surface area contributed by atoms with Crippen LogP contribution in [0, 0.1) is 0 Å². The fourth-order valence-electron chi connectivity index (χ4n) is 1.49. The van der Waals surface area contributed by atoms with Crippen LogP contribution in [-0.4, -0.2) is 18.1 Å². The minimum atomic E-state index is 0.00231. The zero-order valence-corrected chi connectivity index (χ0v) is 7.80. The molecule has 1 amide bonds. The summed E-state index contributed by atoms with van der Waals surface area (Å²) in [5.41, 5.74) is 1.50. The van der Waals surface area contributed by atoms with Crippen molar-refractivity contribution in [2.75, 3.05) is 11.9 Å². The molecule has 1 aliphatic heterocycles. The van der Waals surface area contributed by atoms with Crippen molar-refractivity contribution in [2.45, 2.75) is 6.42 Å². The van der Waals surface area contributed by atoms with E-state index in [4.69, 9.17) is 11.6 Å². The maximum Gasteiger partial charge on any atom is 0.231 e. The number of aromatic hydroxyl groups is 1. The Morgan fingerprint density at radius 1 is 1.54 bits per heavy atom. The lowest BCUT2D eigenvalue weighted by atomic mass is 10.1. The summed E-state index contributed by atoms with van der Waals surface area (Å²) in [6.07, 6.45) is 0.277. The summed E-state index contributed by atoms with van der Waals surface area (Å²) in [6, 6.07) is 3.19. The maximum absolute atomic E-state index is 11.3. The topological polar surface area (TPSA) is 40.5 Å². The van der Waals surface area contributed by atoms with Crippen LogP contribution >= 0.6 is 11.6 Å². The number of fused-ring (bicyclic) bond motifs is 1. The normalized spacial score (nSPS) is 14.9. The molecular formula is C9H8ClNO2. The number of carbonyl (C=O) groups is 1. The van der Waals surface area contributed by atoms with E-state index < -0.39 is 0 Å². The zero-order chi connectivity index (χ0) is 9.59. The first-order valence-corrected chi connectivity index (χ1v) is 4.26. The molecule has 0 aromatic heterocycles. The minimum Gasteiger partial charge on any atom is -0.506 e. The Balaban J connectivity index is 2.64. The van der Waals surface area contributed by atoms with Crippen LogP contribution < -0.4 is 4.90 Å². The fraction of sp³-hybridized carbons (Fsp3) is 0.222. The van der Waals surface area contributed by atoms with Gasteiger partial charge >= 0.3 is 0 Å². The number of rotatable bonds is 0. The monoisotopic (exact) mass is 197 g/mol. The number of anilines is 1. The predicted octanol–water partition coefficient (Wildman–Crippen LogP) is 1.56. The van der Waals surface area contributed by atoms with Gasteiger partial charge in [-0.3, -0.25) is 4.79 Å². The quantitative estimate of drug-likeness (QED) is 0.686. The molecule has 4 heteroatoms. The van der Waals surface area contributed by atoms with E-state index in [0.717, 1.165) is 5.69 Å². The summed E-state index contributed by atoms with van der Waals surface area (Å²) < 4.78 is 0.